The summed E-state index contributed by atoms with van der Waals surface area (Å²) in [5.74, 6) is -0.140. The lowest BCUT2D eigenvalue weighted by Crippen LogP contribution is -2.59. The van der Waals surface area contributed by atoms with Crippen molar-refractivity contribution in [1.82, 2.24) is 20.5 Å². The third-order valence-electron chi connectivity index (χ3n) is 4.13. The maximum absolute atomic E-state index is 12.6. The lowest BCUT2D eigenvalue weighted by Gasteiger charge is -2.35. The van der Waals surface area contributed by atoms with Crippen molar-refractivity contribution in [3.63, 3.8) is 0 Å². The van der Waals surface area contributed by atoms with Crippen LogP contribution < -0.4 is 10.6 Å². The summed E-state index contributed by atoms with van der Waals surface area (Å²) < 4.78 is 0. The Balaban J connectivity index is 1.79. The molecule has 6 heteroatoms. The first-order chi connectivity index (χ1) is 10.7. The van der Waals surface area contributed by atoms with Gasteiger partial charge in [0.2, 0.25) is 11.8 Å². The van der Waals surface area contributed by atoms with Crippen LogP contribution in [0, 0.1) is 0 Å². The number of para-hydroxylation sites is 1. The zero-order valence-electron chi connectivity index (χ0n) is 12.6. The lowest BCUT2D eigenvalue weighted by molar-refractivity contribution is -0.140. The first-order valence-corrected chi connectivity index (χ1v) is 7.47. The minimum Gasteiger partial charge on any atom is -0.361 e. The SMILES string of the molecule is CNC(=O)C1CNCCN1C(=O)Cc1c[nH]c2ccccc12. The highest BCUT2D eigenvalue weighted by atomic mass is 16.2. The number of H-pyrrole nitrogens is 1. The number of hydrogen-bond donors (Lipinski definition) is 3. The number of aromatic amines is 1. The number of likely N-dealkylation sites (N-methyl/N-ethyl adjacent to an activating group) is 1. The maximum atomic E-state index is 12.6. The maximum Gasteiger partial charge on any atom is 0.243 e. The monoisotopic (exact) mass is 300 g/mol. The van der Waals surface area contributed by atoms with E-state index < -0.39 is 6.04 Å². The van der Waals surface area contributed by atoms with Crippen molar-refractivity contribution in [1.29, 1.82) is 0 Å². The van der Waals surface area contributed by atoms with Gasteiger partial charge in [-0.2, -0.15) is 0 Å². The molecule has 3 N–H and O–H groups in total. The number of benzene rings is 1. The van der Waals surface area contributed by atoms with Gasteiger partial charge in [0.1, 0.15) is 6.04 Å². The summed E-state index contributed by atoms with van der Waals surface area (Å²) in [5, 5.41) is 6.85. The number of nitrogens with one attached hydrogen (secondary N) is 3. The summed E-state index contributed by atoms with van der Waals surface area (Å²) in [7, 11) is 1.60. The van der Waals surface area contributed by atoms with Crippen molar-refractivity contribution >= 4 is 22.7 Å². The first-order valence-electron chi connectivity index (χ1n) is 7.47. The number of hydrogen-bond acceptors (Lipinski definition) is 3. The van der Waals surface area contributed by atoms with Gasteiger partial charge in [0.15, 0.2) is 0 Å². The number of carbonyl (C=O) groups is 2. The second-order valence-electron chi connectivity index (χ2n) is 5.46. The Bertz CT molecular complexity index is 694. The third-order valence-corrected chi connectivity index (χ3v) is 4.13. The zero-order valence-corrected chi connectivity index (χ0v) is 12.6. The summed E-state index contributed by atoms with van der Waals surface area (Å²) in [6, 6.07) is 7.48. The molecule has 0 spiro atoms. The Morgan fingerprint density at radius 3 is 3.00 bits per heavy atom. The Labute approximate surface area is 128 Å². The van der Waals surface area contributed by atoms with Gasteiger partial charge in [-0.05, 0) is 11.6 Å². The van der Waals surface area contributed by atoms with Crippen molar-refractivity contribution in [2.45, 2.75) is 12.5 Å². The molecule has 22 heavy (non-hydrogen) atoms. The molecule has 1 fully saturated rings. The average Bonchev–Trinajstić information content (AvgIpc) is 2.97. The quantitative estimate of drug-likeness (QED) is 0.761. The van der Waals surface area contributed by atoms with E-state index in [2.05, 4.69) is 15.6 Å². The van der Waals surface area contributed by atoms with E-state index in [1.54, 1.807) is 11.9 Å². The molecule has 0 bridgehead atoms. The molecule has 6 nitrogen and oxygen atoms in total. The van der Waals surface area contributed by atoms with Gasteiger partial charge in [-0.3, -0.25) is 9.59 Å². The second kappa shape index (κ2) is 6.19. The third kappa shape index (κ3) is 2.69. The summed E-state index contributed by atoms with van der Waals surface area (Å²) >= 11 is 0. The fourth-order valence-corrected chi connectivity index (χ4v) is 2.95. The standard InChI is InChI=1S/C16H20N4O2/c1-17-16(22)14-10-18-6-7-20(14)15(21)8-11-9-19-13-5-3-2-4-12(11)13/h2-5,9,14,18-19H,6-8,10H2,1H3,(H,17,22). The highest BCUT2D eigenvalue weighted by molar-refractivity contribution is 5.92. The van der Waals surface area contributed by atoms with E-state index in [0.717, 1.165) is 16.5 Å². The van der Waals surface area contributed by atoms with Crippen LogP contribution in [0.3, 0.4) is 0 Å². The number of fused-ring (bicyclic) bond motifs is 1. The fraction of sp³-hybridized carbons (Fsp3) is 0.375. The highest BCUT2D eigenvalue weighted by Gasteiger charge is 2.31. The van der Waals surface area contributed by atoms with Gasteiger partial charge in [-0.15, -0.1) is 0 Å². The molecule has 2 amide bonds. The minimum absolute atomic E-state index is 0.0140. The Hall–Kier alpha value is -2.34. The van der Waals surface area contributed by atoms with Crippen LogP contribution in [0.25, 0.3) is 10.9 Å². The molecule has 2 heterocycles. The fourth-order valence-electron chi connectivity index (χ4n) is 2.95. The van der Waals surface area contributed by atoms with Crippen LogP contribution >= 0.6 is 0 Å². The molecule has 1 atom stereocenters. The molecule has 1 aromatic heterocycles. The van der Waals surface area contributed by atoms with Crippen LogP contribution in [-0.4, -0.2) is 54.4 Å². The minimum atomic E-state index is -0.434. The highest BCUT2D eigenvalue weighted by Crippen LogP contribution is 2.19. The Morgan fingerprint density at radius 1 is 1.36 bits per heavy atom. The van der Waals surface area contributed by atoms with Crippen LogP contribution in [0.1, 0.15) is 5.56 Å². The number of piperazine rings is 1. The van der Waals surface area contributed by atoms with Crippen molar-refractivity contribution in [2.24, 2.45) is 0 Å². The lowest BCUT2D eigenvalue weighted by atomic mass is 10.1. The van der Waals surface area contributed by atoms with E-state index in [1.807, 2.05) is 30.5 Å². The summed E-state index contributed by atoms with van der Waals surface area (Å²) in [4.78, 5) is 29.4. The molecular weight excluding hydrogens is 280 g/mol. The zero-order chi connectivity index (χ0) is 15.5. The van der Waals surface area contributed by atoms with E-state index >= 15 is 0 Å². The van der Waals surface area contributed by atoms with Crippen LogP contribution in [0.5, 0.6) is 0 Å². The molecule has 1 aliphatic heterocycles. The Morgan fingerprint density at radius 2 is 2.18 bits per heavy atom. The smallest absolute Gasteiger partial charge is 0.243 e. The normalized spacial score (nSPS) is 18.4. The number of aromatic nitrogens is 1. The summed E-state index contributed by atoms with van der Waals surface area (Å²) in [6.07, 6.45) is 2.18. The molecule has 1 saturated heterocycles. The van der Waals surface area contributed by atoms with Gasteiger partial charge in [0.05, 0.1) is 6.42 Å². The first kappa shape index (κ1) is 14.6. The largest absolute Gasteiger partial charge is 0.361 e. The summed E-state index contributed by atoms with van der Waals surface area (Å²) in [6.45, 7) is 1.77. The van der Waals surface area contributed by atoms with E-state index in [0.29, 0.717) is 26.1 Å². The van der Waals surface area contributed by atoms with Crippen molar-refractivity contribution < 1.29 is 9.59 Å². The molecular formula is C16H20N4O2. The topological polar surface area (TPSA) is 77.2 Å². The van der Waals surface area contributed by atoms with Crippen molar-refractivity contribution in [3.05, 3.63) is 36.0 Å². The number of amides is 2. The summed E-state index contributed by atoms with van der Waals surface area (Å²) in [5.41, 5.74) is 1.99. The molecule has 116 valence electrons. The molecule has 1 aromatic carbocycles. The molecule has 0 saturated carbocycles. The van der Waals surface area contributed by atoms with Crippen LogP contribution in [0.15, 0.2) is 30.5 Å². The predicted octanol–water partition coefficient (Wildman–Crippen LogP) is 0.257. The average molecular weight is 300 g/mol. The van der Waals surface area contributed by atoms with Gasteiger partial charge in [-0.1, -0.05) is 18.2 Å². The van der Waals surface area contributed by atoms with Gasteiger partial charge < -0.3 is 20.5 Å². The number of carbonyl (C=O) groups excluding carboxylic acids is 2. The van der Waals surface area contributed by atoms with E-state index in [9.17, 15) is 9.59 Å². The predicted molar refractivity (Wildman–Crippen MR) is 84.4 cm³/mol. The van der Waals surface area contributed by atoms with Crippen LogP contribution in [-0.2, 0) is 16.0 Å². The second-order valence-corrected chi connectivity index (χ2v) is 5.46. The molecule has 0 aliphatic carbocycles. The van der Waals surface area contributed by atoms with E-state index in [4.69, 9.17) is 0 Å². The van der Waals surface area contributed by atoms with Gasteiger partial charge in [-0.25, -0.2) is 0 Å². The van der Waals surface area contributed by atoms with Gasteiger partial charge in [0.25, 0.3) is 0 Å². The van der Waals surface area contributed by atoms with Gasteiger partial charge >= 0.3 is 0 Å². The molecule has 1 unspecified atom stereocenters. The van der Waals surface area contributed by atoms with E-state index in [1.165, 1.54) is 0 Å². The van der Waals surface area contributed by atoms with Crippen molar-refractivity contribution in [3.8, 4) is 0 Å². The molecule has 0 radical (unpaired) electrons. The molecule has 3 rings (SSSR count). The molecule has 1 aliphatic rings. The van der Waals surface area contributed by atoms with Crippen molar-refractivity contribution in [2.75, 3.05) is 26.7 Å². The molecule has 2 aromatic rings. The number of rotatable bonds is 3. The van der Waals surface area contributed by atoms with E-state index in [-0.39, 0.29) is 11.8 Å². The Kier molecular flexibility index (Phi) is 4.11. The van der Waals surface area contributed by atoms with Crippen LogP contribution in [0.4, 0.5) is 0 Å². The number of nitrogens with zero attached hydrogens (tertiary/aromatic N) is 1. The van der Waals surface area contributed by atoms with Gasteiger partial charge in [0, 0.05) is 43.8 Å². The van der Waals surface area contributed by atoms with Crippen LogP contribution in [0.2, 0.25) is 0 Å².